The van der Waals surface area contributed by atoms with Crippen LogP contribution >= 0.6 is 11.3 Å². The maximum atomic E-state index is 12.8. The van der Waals surface area contributed by atoms with E-state index in [4.69, 9.17) is 14.5 Å². The topological polar surface area (TPSA) is 54.9 Å². The van der Waals surface area contributed by atoms with Crippen molar-refractivity contribution in [3.63, 3.8) is 0 Å². The molecular formula is C23H31N3O3S. The van der Waals surface area contributed by atoms with Crippen LogP contribution in [0.1, 0.15) is 25.5 Å². The van der Waals surface area contributed by atoms with E-state index in [1.165, 1.54) is 0 Å². The fourth-order valence-electron chi connectivity index (χ4n) is 4.16. The van der Waals surface area contributed by atoms with Crippen LogP contribution in [-0.4, -0.2) is 73.2 Å². The third-order valence-corrected chi connectivity index (χ3v) is 6.82. The van der Waals surface area contributed by atoms with E-state index in [2.05, 4.69) is 4.90 Å². The van der Waals surface area contributed by atoms with Crippen molar-refractivity contribution in [2.75, 3.05) is 52.5 Å². The predicted octanol–water partition coefficient (Wildman–Crippen LogP) is 3.32. The lowest BCUT2D eigenvalue weighted by molar-refractivity contribution is -0.132. The number of likely N-dealkylation sites (tertiary alicyclic amines) is 1. The van der Waals surface area contributed by atoms with Gasteiger partial charge in [-0.2, -0.15) is 0 Å². The monoisotopic (exact) mass is 429 g/mol. The van der Waals surface area contributed by atoms with Crippen LogP contribution in [0.25, 0.3) is 10.6 Å². The molecule has 0 bridgehead atoms. The number of ether oxygens (including phenoxy) is 2. The van der Waals surface area contributed by atoms with Crippen LogP contribution in [0, 0.1) is 5.92 Å². The third kappa shape index (κ3) is 5.59. The summed E-state index contributed by atoms with van der Waals surface area (Å²) >= 11 is 1.59. The number of aromatic nitrogens is 1. The molecule has 162 valence electrons. The van der Waals surface area contributed by atoms with E-state index in [0.29, 0.717) is 18.9 Å². The highest BCUT2D eigenvalue weighted by Gasteiger charge is 2.25. The van der Waals surface area contributed by atoms with Gasteiger partial charge in [0.05, 0.1) is 31.9 Å². The molecule has 0 N–H and O–H groups in total. The maximum Gasteiger partial charge on any atom is 0.228 e. The highest BCUT2D eigenvalue weighted by molar-refractivity contribution is 7.13. The number of benzene rings is 1. The molecule has 2 fully saturated rings. The van der Waals surface area contributed by atoms with Gasteiger partial charge in [-0.3, -0.25) is 9.69 Å². The van der Waals surface area contributed by atoms with Crippen molar-refractivity contribution in [1.29, 1.82) is 0 Å². The Bertz CT molecular complexity index is 809. The van der Waals surface area contributed by atoms with E-state index < -0.39 is 0 Å². The summed E-state index contributed by atoms with van der Waals surface area (Å²) in [5.41, 5.74) is 1.93. The Morgan fingerprint density at radius 2 is 1.90 bits per heavy atom. The molecule has 2 aromatic rings. The molecule has 3 heterocycles. The lowest BCUT2D eigenvalue weighted by Gasteiger charge is -2.36. The van der Waals surface area contributed by atoms with Gasteiger partial charge in [0.15, 0.2) is 0 Å². The Morgan fingerprint density at radius 3 is 2.60 bits per heavy atom. The molecule has 1 aromatic heterocycles. The van der Waals surface area contributed by atoms with Crippen LogP contribution in [-0.2, 0) is 16.0 Å². The van der Waals surface area contributed by atoms with Gasteiger partial charge in [-0.25, -0.2) is 4.98 Å². The minimum atomic E-state index is 0.198. The van der Waals surface area contributed by atoms with Crippen LogP contribution < -0.4 is 4.74 Å². The summed E-state index contributed by atoms with van der Waals surface area (Å²) in [5, 5.41) is 2.96. The first-order valence-corrected chi connectivity index (χ1v) is 11.8. The smallest absolute Gasteiger partial charge is 0.228 e. The molecule has 0 radical (unpaired) electrons. The number of thiazole rings is 1. The molecule has 2 aliphatic heterocycles. The molecule has 0 spiro atoms. The molecule has 1 aromatic carbocycles. The molecule has 30 heavy (non-hydrogen) atoms. The highest BCUT2D eigenvalue weighted by atomic mass is 32.1. The number of morpholine rings is 1. The molecule has 0 saturated carbocycles. The van der Waals surface area contributed by atoms with Gasteiger partial charge in [0.25, 0.3) is 0 Å². The molecule has 0 unspecified atom stereocenters. The van der Waals surface area contributed by atoms with Crippen molar-refractivity contribution < 1.29 is 14.3 Å². The fraction of sp³-hybridized carbons (Fsp3) is 0.565. The second kappa shape index (κ2) is 10.4. The molecule has 1 amide bonds. The number of piperidine rings is 1. The van der Waals surface area contributed by atoms with Gasteiger partial charge in [-0.15, -0.1) is 11.3 Å². The van der Waals surface area contributed by atoms with E-state index in [-0.39, 0.29) is 5.91 Å². The van der Waals surface area contributed by atoms with Gasteiger partial charge in [-0.1, -0.05) is 0 Å². The number of nitrogens with zero attached hydrogens (tertiary/aromatic N) is 3. The van der Waals surface area contributed by atoms with E-state index in [1.807, 2.05) is 41.5 Å². The van der Waals surface area contributed by atoms with Crippen molar-refractivity contribution in [2.24, 2.45) is 5.92 Å². The van der Waals surface area contributed by atoms with Gasteiger partial charge < -0.3 is 14.4 Å². The Kier molecular flexibility index (Phi) is 7.36. The molecule has 6 nitrogen and oxygen atoms in total. The van der Waals surface area contributed by atoms with Crippen LogP contribution in [0.2, 0.25) is 0 Å². The SMILES string of the molecule is CCOc1ccc(-c2nc(CC(=O)N3CCC(CN4CCOCC4)CC3)cs2)cc1. The number of amides is 1. The third-order valence-electron chi connectivity index (χ3n) is 5.88. The van der Waals surface area contributed by atoms with Crippen molar-refractivity contribution in [2.45, 2.75) is 26.2 Å². The van der Waals surface area contributed by atoms with Crippen LogP contribution in [0.5, 0.6) is 5.75 Å². The number of carbonyl (C=O) groups excluding carboxylic acids is 1. The summed E-state index contributed by atoms with van der Waals surface area (Å²) < 4.78 is 10.9. The molecule has 2 saturated heterocycles. The van der Waals surface area contributed by atoms with Crippen LogP contribution in [0.3, 0.4) is 0 Å². The maximum absolute atomic E-state index is 12.8. The molecule has 0 aliphatic carbocycles. The van der Waals surface area contributed by atoms with Gasteiger partial charge in [0, 0.05) is 43.7 Å². The molecule has 4 rings (SSSR count). The standard InChI is InChI=1S/C23H31N3O3S/c1-2-29-21-5-3-19(4-6-21)23-24-20(17-30-23)15-22(27)26-9-7-18(8-10-26)16-25-11-13-28-14-12-25/h3-6,17-18H,2,7-16H2,1H3. The van der Waals surface area contributed by atoms with Crippen molar-refractivity contribution in [1.82, 2.24) is 14.8 Å². The molecule has 2 aliphatic rings. The van der Waals surface area contributed by atoms with E-state index in [9.17, 15) is 4.79 Å². The number of carbonyl (C=O) groups is 1. The number of hydrogen-bond donors (Lipinski definition) is 0. The number of rotatable bonds is 7. The summed E-state index contributed by atoms with van der Waals surface area (Å²) in [4.78, 5) is 22.0. The lowest BCUT2D eigenvalue weighted by Crippen LogP contribution is -2.44. The molecule has 7 heteroatoms. The summed E-state index contributed by atoms with van der Waals surface area (Å²) in [6, 6.07) is 7.97. The van der Waals surface area contributed by atoms with E-state index >= 15 is 0 Å². The van der Waals surface area contributed by atoms with Gasteiger partial charge in [-0.05, 0) is 49.9 Å². The zero-order chi connectivity index (χ0) is 20.8. The summed E-state index contributed by atoms with van der Waals surface area (Å²) in [6.07, 6.45) is 2.58. The lowest BCUT2D eigenvalue weighted by atomic mass is 9.95. The Labute approximate surface area is 182 Å². The number of hydrogen-bond acceptors (Lipinski definition) is 6. The van der Waals surface area contributed by atoms with Crippen LogP contribution in [0.15, 0.2) is 29.6 Å². The van der Waals surface area contributed by atoms with E-state index in [1.54, 1.807) is 11.3 Å². The molecule has 0 atom stereocenters. The second-order valence-corrected chi connectivity index (χ2v) is 8.87. The normalized spacial score (nSPS) is 18.5. The van der Waals surface area contributed by atoms with Gasteiger partial charge in [0.2, 0.25) is 5.91 Å². The summed E-state index contributed by atoms with van der Waals surface area (Å²) in [5.74, 6) is 1.76. The summed E-state index contributed by atoms with van der Waals surface area (Å²) in [7, 11) is 0. The fourth-order valence-corrected chi connectivity index (χ4v) is 4.99. The first-order valence-electron chi connectivity index (χ1n) is 11.0. The second-order valence-electron chi connectivity index (χ2n) is 8.02. The van der Waals surface area contributed by atoms with E-state index in [0.717, 1.165) is 80.8 Å². The molecular weight excluding hydrogens is 398 g/mol. The predicted molar refractivity (Wildman–Crippen MR) is 119 cm³/mol. The Morgan fingerprint density at radius 1 is 1.17 bits per heavy atom. The van der Waals surface area contributed by atoms with Crippen molar-refractivity contribution in [3.8, 4) is 16.3 Å². The largest absolute Gasteiger partial charge is 0.494 e. The summed E-state index contributed by atoms with van der Waals surface area (Å²) in [6.45, 7) is 9.29. The first kappa shape index (κ1) is 21.3. The zero-order valence-electron chi connectivity index (χ0n) is 17.7. The van der Waals surface area contributed by atoms with Crippen molar-refractivity contribution in [3.05, 3.63) is 35.3 Å². The van der Waals surface area contributed by atoms with Gasteiger partial charge in [0.1, 0.15) is 10.8 Å². The van der Waals surface area contributed by atoms with Gasteiger partial charge >= 0.3 is 0 Å². The van der Waals surface area contributed by atoms with Crippen molar-refractivity contribution >= 4 is 17.2 Å². The Hall–Kier alpha value is -1.96. The Balaban J connectivity index is 1.25. The zero-order valence-corrected chi connectivity index (χ0v) is 18.5. The average Bonchev–Trinajstić information content (AvgIpc) is 3.24. The first-order chi connectivity index (χ1) is 14.7. The minimum Gasteiger partial charge on any atom is -0.494 e. The quantitative estimate of drug-likeness (QED) is 0.676. The minimum absolute atomic E-state index is 0.198. The highest BCUT2D eigenvalue weighted by Crippen LogP contribution is 2.26. The van der Waals surface area contributed by atoms with Crippen LogP contribution in [0.4, 0.5) is 0 Å². The average molecular weight is 430 g/mol.